The van der Waals surface area contributed by atoms with Crippen LogP contribution in [0.4, 0.5) is 4.39 Å². The maximum atomic E-state index is 12.7. The second kappa shape index (κ2) is 6.49. The summed E-state index contributed by atoms with van der Waals surface area (Å²) in [6.45, 7) is 3.05. The first kappa shape index (κ1) is 13.8. The van der Waals surface area contributed by atoms with Crippen molar-refractivity contribution in [3.8, 4) is 5.75 Å². The molecule has 19 heavy (non-hydrogen) atoms. The molecule has 1 aromatic rings. The van der Waals surface area contributed by atoms with Crippen LogP contribution in [0.5, 0.6) is 5.75 Å². The molecule has 1 heterocycles. The number of hydrogen-bond donors (Lipinski definition) is 2. The molecule has 1 saturated heterocycles. The predicted octanol–water partition coefficient (Wildman–Crippen LogP) is 0.563. The van der Waals surface area contributed by atoms with Gasteiger partial charge in [0.1, 0.15) is 24.2 Å². The van der Waals surface area contributed by atoms with Gasteiger partial charge in [0, 0.05) is 26.2 Å². The number of ether oxygens (including phenoxy) is 1. The van der Waals surface area contributed by atoms with Crippen LogP contribution in [0.1, 0.15) is 0 Å². The Morgan fingerprint density at radius 1 is 1.47 bits per heavy atom. The Kier molecular flexibility index (Phi) is 4.70. The number of carboxylic acid groups (broad SMARTS) is 1. The van der Waals surface area contributed by atoms with Gasteiger partial charge in [0.15, 0.2) is 0 Å². The Balaban J connectivity index is 1.73. The van der Waals surface area contributed by atoms with E-state index in [1.165, 1.54) is 12.1 Å². The molecule has 1 aromatic carbocycles. The van der Waals surface area contributed by atoms with Crippen LogP contribution < -0.4 is 10.1 Å². The van der Waals surface area contributed by atoms with Gasteiger partial charge >= 0.3 is 5.97 Å². The summed E-state index contributed by atoms with van der Waals surface area (Å²) >= 11 is 0. The molecule has 0 aliphatic carbocycles. The molecule has 2 rings (SSSR count). The van der Waals surface area contributed by atoms with Crippen molar-refractivity contribution in [1.82, 2.24) is 10.2 Å². The van der Waals surface area contributed by atoms with E-state index in [0.717, 1.165) is 6.54 Å². The van der Waals surface area contributed by atoms with E-state index in [1.807, 2.05) is 4.90 Å². The third-order valence-electron chi connectivity index (χ3n) is 3.05. The number of nitrogens with one attached hydrogen (secondary N) is 1. The van der Waals surface area contributed by atoms with Crippen LogP contribution in [0.25, 0.3) is 0 Å². The fourth-order valence-electron chi connectivity index (χ4n) is 2.00. The van der Waals surface area contributed by atoms with Crippen LogP contribution in [0.3, 0.4) is 0 Å². The summed E-state index contributed by atoms with van der Waals surface area (Å²) in [4.78, 5) is 12.9. The van der Waals surface area contributed by atoms with Gasteiger partial charge in [0.25, 0.3) is 0 Å². The van der Waals surface area contributed by atoms with Gasteiger partial charge in [0.2, 0.25) is 0 Å². The predicted molar refractivity (Wildman–Crippen MR) is 67.8 cm³/mol. The van der Waals surface area contributed by atoms with Crippen LogP contribution >= 0.6 is 0 Å². The summed E-state index contributed by atoms with van der Waals surface area (Å²) in [5.41, 5.74) is 0. The van der Waals surface area contributed by atoms with E-state index in [-0.39, 0.29) is 5.82 Å². The molecular weight excluding hydrogens is 251 g/mol. The number of halogens is 1. The minimum Gasteiger partial charge on any atom is -0.492 e. The fraction of sp³-hybridized carbons (Fsp3) is 0.462. The third-order valence-corrected chi connectivity index (χ3v) is 3.05. The third kappa shape index (κ3) is 4.18. The normalized spacial score (nSPS) is 20.2. The zero-order chi connectivity index (χ0) is 13.7. The molecule has 0 saturated carbocycles. The second-order valence-electron chi connectivity index (χ2n) is 4.45. The van der Waals surface area contributed by atoms with Gasteiger partial charge < -0.3 is 15.2 Å². The maximum absolute atomic E-state index is 12.7. The van der Waals surface area contributed by atoms with Crippen LogP contribution in [0.2, 0.25) is 0 Å². The van der Waals surface area contributed by atoms with Crippen molar-refractivity contribution in [1.29, 1.82) is 0 Å². The zero-order valence-corrected chi connectivity index (χ0v) is 10.5. The summed E-state index contributed by atoms with van der Waals surface area (Å²) in [5.74, 6) is -0.505. The highest BCUT2D eigenvalue weighted by atomic mass is 19.1. The lowest BCUT2D eigenvalue weighted by Crippen LogP contribution is -2.54. The molecule has 1 aliphatic rings. The molecule has 1 unspecified atom stereocenters. The molecule has 0 radical (unpaired) electrons. The van der Waals surface area contributed by atoms with E-state index in [1.54, 1.807) is 12.1 Å². The molecule has 0 amide bonds. The van der Waals surface area contributed by atoms with Crippen LogP contribution in [-0.4, -0.2) is 54.8 Å². The Morgan fingerprint density at radius 3 is 2.89 bits per heavy atom. The number of rotatable bonds is 5. The van der Waals surface area contributed by atoms with Crippen LogP contribution in [0.15, 0.2) is 24.3 Å². The number of hydrogen-bond acceptors (Lipinski definition) is 4. The van der Waals surface area contributed by atoms with Gasteiger partial charge in [-0.3, -0.25) is 9.69 Å². The van der Waals surface area contributed by atoms with Gasteiger partial charge in [-0.25, -0.2) is 4.39 Å². The SMILES string of the molecule is O=C(O)C1CN(CCOc2ccc(F)cc2)CCN1. The highest BCUT2D eigenvalue weighted by Gasteiger charge is 2.24. The van der Waals surface area contributed by atoms with Crippen molar-refractivity contribution >= 4 is 5.97 Å². The summed E-state index contributed by atoms with van der Waals surface area (Å²) in [6, 6.07) is 5.33. The van der Waals surface area contributed by atoms with Gasteiger partial charge in [-0.2, -0.15) is 0 Å². The average Bonchev–Trinajstić information content (AvgIpc) is 2.41. The van der Waals surface area contributed by atoms with Gasteiger partial charge in [-0.05, 0) is 24.3 Å². The standard InChI is InChI=1S/C13H17FN2O3/c14-10-1-3-11(4-2-10)19-8-7-16-6-5-15-12(9-16)13(17)18/h1-4,12,15H,5-9H2,(H,17,18). The highest BCUT2D eigenvalue weighted by Crippen LogP contribution is 2.11. The smallest absolute Gasteiger partial charge is 0.322 e. The molecular formula is C13H17FN2O3. The maximum Gasteiger partial charge on any atom is 0.322 e. The minimum atomic E-state index is -0.829. The molecule has 1 fully saturated rings. The first-order chi connectivity index (χ1) is 9.15. The molecule has 5 nitrogen and oxygen atoms in total. The summed E-state index contributed by atoms with van der Waals surface area (Å²) in [7, 11) is 0. The Bertz CT molecular complexity index is 424. The number of piperazine rings is 1. The van der Waals surface area contributed by atoms with Gasteiger partial charge in [-0.15, -0.1) is 0 Å². The van der Waals surface area contributed by atoms with Crippen molar-refractivity contribution < 1.29 is 19.0 Å². The van der Waals surface area contributed by atoms with E-state index in [0.29, 0.717) is 32.0 Å². The van der Waals surface area contributed by atoms with E-state index in [2.05, 4.69) is 5.32 Å². The molecule has 6 heteroatoms. The van der Waals surface area contributed by atoms with E-state index in [9.17, 15) is 9.18 Å². The van der Waals surface area contributed by atoms with Crippen molar-refractivity contribution in [2.75, 3.05) is 32.8 Å². The fourth-order valence-corrected chi connectivity index (χ4v) is 2.00. The summed E-state index contributed by atoms with van der Waals surface area (Å²) < 4.78 is 18.2. The average molecular weight is 268 g/mol. The Labute approximate surface area is 111 Å². The van der Waals surface area contributed by atoms with Gasteiger partial charge in [-0.1, -0.05) is 0 Å². The molecule has 0 bridgehead atoms. The van der Waals surface area contributed by atoms with Crippen molar-refractivity contribution in [3.05, 3.63) is 30.1 Å². The topological polar surface area (TPSA) is 61.8 Å². The molecule has 0 spiro atoms. The van der Waals surface area contributed by atoms with Crippen LogP contribution in [0, 0.1) is 5.82 Å². The van der Waals surface area contributed by atoms with Gasteiger partial charge in [0.05, 0.1) is 0 Å². The highest BCUT2D eigenvalue weighted by molar-refractivity contribution is 5.73. The van der Waals surface area contributed by atoms with E-state index >= 15 is 0 Å². The lowest BCUT2D eigenvalue weighted by atomic mass is 10.2. The first-order valence-corrected chi connectivity index (χ1v) is 6.22. The minimum absolute atomic E-state index is 0.293. The summed E-state index contributed by atoms with van der Waals surface area (Å²) in [5, 5.41) is 11.9. The Morgan fingerprint density at radius 2 is 2.21 bits per heavy atom. The molecule has 1 aliphatic heterocycles. The second-order valence-corrected chi connectivity index (χ2v) is 4.45. The van der Waals surface area contributed by atoms with Crippen LogP contribution in [-0.2, 0) is 4.79 Å². The molecule has 1 atom stereocenters. The number of nitrogens with zero attached hydrogens (tertiary/aromatic N) is 1. The number of aliphatic carboxylic acids is 1. The lowest BCUT2D eigenvalue weighted by Gasteiger charge is -2.31. The number of carbonyl (C=O) groups is 1. The first-order valence-electron chi connectivity index (χ1n) is 6.22. The van der Waals surface area contributed by atoms with Crippen molar-refractivity contribution in [2.45, 2.75) is 6.04 Å². The quantitative estimate of drug-likeness (QED) is 0.817. The molecule has 2 N–H and O–H groups in total. The van der Waals surface area contributed by atoms with Crippen molar-refractivity contribution in [2.24, 2.45) is 0 Å². The summed E-state index contributed by atoms with van der Waals surface area (Å²) in [6.07, 6.45) is 0. The molecule has 0 aromatic heterocycles. The van der Waals surface area contributed by atoms with E-state index in [4.69, 9.17) is 9.84 Å². The monoisotopic (exact) mass is 268 g/mol. The number of carboxylic acids is 1. The number of benzene rings is 1. The lowest BCUT2D eigenvalue weighted by molar-refractivity contribution is -0.140. The van der Waals surface area contributed by atoms with E-state index < -0.39 is 12.0 Å². The molecule has 104 valence electrons. The largest absolute Gasteiger partial charge is 0.492 e. The Hall–Kier alpha value is -1.66. The zero-order valence-electron chi connectivity index (χ0n) is 10.5. The van der Waals surface area contributed by atoms with Crippen molar-refractivity contribution in [3.63, 3.8) is 0 Å².